The van der Waals surface area contributed by atoms with Gasteiger partial charge in [0.1, 0.15) is 24.9 Å². The van der Waals surface area contributed by atoms with Gasteiger partial charge in [0.2, 0.25) is 5.79 Å². The lowest BCUT2D eigenvalue weighted by molar-refractivity contribution is -0.290. The van der Waals surface area contributed by atoms with Crippen LogP contribution >= 0.6 is 10.7 Å². The van der Waals surface area contributed by atoms with Crippen LogP contribution in [0, 0.1) is 0 Å². The van der Waals surface area contributed by atoms with Crippen molar-refractivity contribution in [1.82, 2.24) is 0 Å². The zero-order valence-electron chi connectivity index (χ0n) is 12.7. The minimum Gasteiger partial charge on any atom is -0.343 e. The van der Waals surface area contributed by atoms with Gasteiger partial charge in [-0.3, -0.25) is 4.18 Å². The smallest absolute Gasteiger partial charge is 0.343 e. The highest BCUT2D eigenvalue weighted by molar-refractivity contribution is 8.09. The summed E-state index contributed by atoms with van der Waals surface area (Å²) in [5.41, 5.74) is 0. The Kier molecular flexibility index (Phi) is 3.83. The molecule has 0 spiro atoms. The Bertz CT molecular complexity index is 561. The van der Waals surface area contributed by atoms with E-state index in [1.165, 1.54) is 0 Å². The van der Waals surface area contributed by atoms with Crippen molar-refractivity contribution >= 4 is 20.0 Å². The molecule has 10 heteroatoms. The van der Waals surface area contributed by atoms with Crippen molar-refractivity contribution in [3.63, 3.8) is 0 Å². The molecule has 0 aromatic rings. The molecule has 0 bridgehead atoms. The molecule has 0 N–H and O–H groups in total. The molecule has 3 unspecified atom stereocenters. The Labute approximate surface area is 133 Å². The Hall–Kier alpha value is -0.0000000000000000694. The second-order valence-electron chi connectivity index (χ2n) is 6.46. The molecule has 0 aromatic carbocycles. The Morgan fingerprint density at radius 1 is 1.14 bits per heavy atom. The molecule has 4 atom stereocenters. The van der Waals surface area contributed by atoms with Gasteiger partial charge in [-0.15, -0.1) is 0 Å². The van der Waals surface area contributed by atoms with Crippen molar-refractivity contribution in [2.75, 3.05) is 13.2 Å². The molecule has 0 saturated carbocycles. The minimum atomic E-state index is -4.16. The molecular weight excluding hydrogens is 340 g/mol. The van der Waals surface area contributed by atoms with E-state index in [1.807, 2.05) is 0 Å². The summed E-state index contributed by atoms with van der Waals surface area (Å²) in [6.07, 6.45) is -1.51. The van der Waals surface area contributed by atoms with Crippen molar-refractivity contribution in [3.05, 3.63) is 0 Å². The summed E-state index contributed by atoms with van der Waals surface area (Å²) in [7, 11) is 0.944. The van der Waals surface area contributed by atoms with E-state index in [4.69, 9.17) is 34.4 Å². The number of fused-ring (bicyclic) bond motifs is 3. The standard InChI is InChI=1S/C12H19ClO8S/c1-10(2)18-7-5-16-12(6-17-22(13,14)15)9(8(7)19-10)20-11(3,4)21-12/h7-9H,5-6H2,1-4H3/t7?,8?,9?,12-/m0/s1. The van der Waals surface area contributed by atoms with Crippen LogP contribution in [0.4, 0.5) is 0 Å². The average molecular weight is 359 g/mol. The fourth-order valence-corrected chi connectivity index (χ4v) is 3.54. The van der Waals surface area contributed by atoms with Gasteiger partial charge in [0.25, 0.3) is 0 Å². The molecule has 8 nitrogen and oxygen atoms in total. The Morgan fingerprint density at radius 2 is 1.82 bits per heavy atom. The zero-order valence-corrected chi connectivity index (χ0v) is 14.3. The van der Waals surface area contributed by atoms with Crippen molar-refractivity contribution in [1.29, 1.82) is 0 Å². The lowest BCUT2D eigenvalue weighted by atomic mass is 9.98. The van der Waals surface area contributed by atoms with Gasteiger partial charge >= 0.3 is 9.33 Å². The van der Waals surface area contributed by atoms with E-state index in [0.29, 0.717) is 0 Å². The van der Waals surface area contributed by atoms with Crippen molar-refractivity contribution in [2.45, 2.75) is 63.4 Å². The van der Waals surface area contributed by atoms with Gasteiger partial charge in [-0.2, -0.15) is 8.42 Å². The first-order valence-corrected chi connectivity index (χ1v) is 9.12. The maximum absolute atomic E-state index is 11.1. The first-order chi connectivity index (χ1) is 9.92. The molecule has 22 heavy (non-hydrogen) atoms. The van der Waals surface area contributed by atoms with Crippen LogP contribution in [0.25, 0.3) is 0 Å². The number of hydrogen-bond donors (Lipinski definition) is 0. The van der Waals surface area contributed by atoms with Crippen molar-refractivity contribution in [3.8, 4) is 0 Å². The lowest BCUT2D eigenvalue weighted by Gasteiger charge is -2.39. The summed E-state index contributed by atoms with van der Waals surface area (Å²) in [5.74, 6) is -3.20. The molecule has 0 amide bonds. The average Bonchev–Trinajstić information content (AvgIpc) is 2.78. The van der Waals surface area contributed by atoms with E-state index in [9.17, 15) is 8.42 Å². The molecule has 3 heterocycles. The summed E-state index contributed by atoms with van der Waals surface area (Å²) in [6.45, 7) is 6.69. The molecule has 3 saturated heterocycles. The maximum Gasteiger partial charge on any atom is 0.355 e. The molecule has 128 valence electrons. The fraction of sp³-hybridized carbons (Fsp3) is 1.00. The van der Waals surface area contributed by atoms with E-state index in [1.54, 1.807) is 27.7 Å². The largest absolute Gasteiger partial charge is 0.355 e. The first-order valence-electron chi connectivity index (χ1n) is 6.88. The van der Waals surface area contributed by atoms with Gasteiger partial charge in [0, 0.05) is 10.7 Å². The van der Waals surface area contributed by atoms with Crippen LogP contribution in [0.1, 0.15) is 27.7 Å². The summed E-state index contributed by atoms with van der Waals surface area (Å²) in [4.78, 5) is 0. The van der Waals surface area contributed by atoms with E-state index in [2.05, 4.69) is 4.18 Å². The van der Waals surface area contributed by atoms with Crippen LogP contribution in [0.5, 0.6) is 0 Å². The highest BCUT2D eigenvalue weighted by atomic mass is 35.7. The number of hydrogen-bond acceptors (Lipinski definition) is 8. The second kappa shape index (κ2) is 5.00. The lowest BCUT2D eigenvalue weighted by Crippen LogP contribution is -2.60. The highest BCUT2D eigenvalue weighted by Crippen LogP contribution is 2.47. The molecule has 3 fully saturated rings. The molecule has 0 aromatic heterocycles. The molecule has 3 aliphatic rings. The molecular formula is C12H19ClO8S. The van der Waals surface area contributed by atoms with Crippen LogP contribution in [-0.2, 0) is 37.2 Å². The number of halogens is 1. The van der Waals surface area contributed by atoms with E-state index >= 15 is 0 Å². The van der Waals surface area contributed by atoms with Crippen LogP contribution < -0.4 is 0 Å². The third-order valence-corrected chi connectivity index (χ3v) is 4.34. The van der Waals surface area contributed by atoms with Crippen molar-refractivity contribution < 1.29 is 36.3 Å². The monoisotopic (exact) mass is 358 g/mol. The van der Waals surface area contributed by atoms with Gasteiger partial charge in [0.15, 0.2) is 11.6 Å². The van der Waals surface area contributed by atoms with Gasteiger partial charge in [-0.25, -0.2) is 0 Å². The topological polar surface area (TPSA) is 89.5 Å². The van der Waals surface area contributed by atoms with Gasteiger partial charge in [0.05, 0.1) is 6.61 Å². The normalized spacial score (nSPS) is 42.9. The van der Waals surface area contributed by atoms with Crippen molar-refractivity contribution in [2.24, 2.45) is 0 Å². The first kappa shape index (κ1) is 16.8. The molecule has 3 aliphatic heterocycles. The van der Waals surface area contributed by atoms with E-state index in [-0.39, 0.29) is 12.7 Å². The summed E-state index contributed by atoms with van der Waals surface area (Å²) >= 11 is 0. The summed E-state index contributed by atoms with van der Waals surface area (Å²) in [5, 5.41) is 0. The van der Waals surface area contributed by atoms with Gasteiger partial charge < -0.3 is 23.7 Å². The van der Waals surface area contributed by atoms with Crippen LogP contribution in [0.2, 0.25) is 0 Å². The predicted octanol–water partition coefficient (Wildman–Crippen LogP) is 0.885. The predicted molar refractivity (Wildman–Crippen MR) is 73.3 cm³/mol. The Balaban J connectivity index is 1.87. The van der Waals surface area contributed by atoms with Crippen LogP contribution in [-0.4, -0.2) is 57.3 Å². The molecule has 0 aliphatic carbocycles. The molecule has 3 rings (SSSR count). The minimum absolute atomic E-state index is 0.162. The Morgan fingerprint density at radius 3 is 2.45 bits per heavy atom. The third-order valence-electron chi connectivity index (χ3n) is 3.68. The van der Waals surface area contributed by atoms with Gasteiger partial charge in [-0.1, -0.05) is 0 Å². The second-order valence-corrected chi connectivity index (χ2v) is 8.61. The van der Waals surface area contributed by atoms with Crippen LogP contribution in [0.3, 0.4) is 0 Å². The fourth-order valence-electron chi connectivity index (χ4n) is 3.10. The molecule has 0 radical (unpaired) electrons. The quantitative estimate of drug-likeness (QED) is 0.687. The van der Waals surface area contributed by atoms with E-state index < -0.39 is 45.5 Å². The SMILES string of the molecule is CC1(C)OC2CO[C@@]3(COS(=O)(=O)Cl)OC(C)(C)OC3C2O1. The van der Waals surface area contributed by atoms with Gasteiger partial charge in [-0.05, 0) is 27.7 Å². The number of rotatable bonds is 3. The highest BCUT2D eigenvalue weighted by Gasteiger charge is 2.65. The van der Waals surface area contributed by atoms with E-state index in [0.717, 1.165) is 0 Å². The number of ether oxygens (including phenoxy) is 5. The third kappa shape index (κ3) is 3.13. The van der Waals surface area contributed by atoms with Crippen LogP contribution in [0.15, 0.2) is 0 Å². The summed E-state index contributed by atoms with van der Waals surface area (Å²) in [6, 6.07) is 0. The maximum atomic E-state index is 11.1. The zero-order chi connectivity index (χ0) is 16.4. The summed E-state index contributed by atoms with van der Waals surface area (Å²) < 4.78 is 55.8.